The van der Waals surface area contributed by atoms with Crippen LogP contribution >= 0.6 is 12.2 Å². The van der Waals surface area contributed by atoms with Gasteiger partial charge in [0.2, 0.25) is 5.95 Å². The van der Waals surface area contributed by atoms with Crippen LogP contribution in [0.5, 0.6) is 0 Å². The first kappa shape index (κ1) is 16.4. The summed E-state index contributed by atoms with van der Waals surface area (Å²) in [7, 11) is 0. The van der Waals surface area contributed by atoms with Crippen LogP contribution in [0.1, 0.15) is 57.1 Å². The molecule has 2 aliphatic rings. The van der Waals surface area contributed by atoms with Crippen molar-refractivity contribution in [3.8, 4) is 0 Å². The van der Waals surface area contributed by atoms with E-state index in [0.717, 1.165) is 24.6 Å². The average molecular weight is 334 g/mol. The summed E-state index contributed by atoms with van der Waals surface area (Å²) in [6.45, 7) is 4.18. The first-order valence-electron chi connectivity index (χ1n) is 8.89. The molecular weight excluding hydrogens is 306 g/mol. The van der Waals surface area contributed by atoms with Crippen molar-refractivity contribution < 1.29 is 0 Å². The molecule has 6 heteroatoms. The Labute approximate surface area is 144 Å². The van der Waals surface area contributed by atoms with E-state index in [4.69, 9.17) is 12.2 Å². The normalized spacial score (nSPS) is 19.4. The van der Waals surface area contributed by atoms with Gasteiger partial charge in [0.05, 0.1) is 0 Å². The van der Waals surface area contributed by atoms with Crippen LogP contribution in [0, 0.1) is 6.92 Å². The van der Waals surface area contributed by atoms with Crippen LogP contribution in [-0.2, 0) is 0 Å². The molecule has 1 aliphatic heterocycles. The molecule has 1 saturated carbocycles. The van der Waals surface area contributed by atoms with E-state index < -0.39 is 0 Å². The van der Waals surface area contributed by atoms with Crippen molar-refractivity contribution in [2.45, 2.75) is 64.3 Å². The summed E-state index contributed by atoms with van der Waals surface area (Å²) in [6.07, 6.45) is 10.2. The minimum absolute atomic E-state index is 0.486. The van der Waals surface area contributed by atoms with Gasteiger partial charge < -0.3 is 15.5 Å². The Bertz CT molecular complexity index is 534. The highest BCUT2D eigenvalue weighted by molar-refractivity contribution is 7.80. The highest BCUT2D eigenvalue weighted by Crippen LogP contribution is 2.20. The Hall–Kier alpha value is -1.43. The van der Waals surface area contributed by atoms with E-state index in [-0.39, 0.29) is 0 Å². The van der Waals surface area contributed by atoms with Gasteiger partial charge in [-0.25, -0.2) is 4.98 Å². The van der Waals surface area contributed by atoms with Gasteiger partial charge in [-0.05, 0) is 44.8 Å². The molecule has 2 N–H and O–H groups in total. The fraction of sp³-hybridized carbons (Fsp3) is 0.706. The molecule has 1 saturated heterocycles. The molecular formula is C17H27N5S. The van der Waals surface area contributed by atoms with Gasteiger partial charge in [-0.2, -0.15) is 4.98 Å². The zero-order valence-electron chi connectivity index (χ0n) is 14.0. The SMILES string of the molecule is Cc1cc(N2CCCC2)nc(NC(=S)NC2CCCCCC2)n1. The van der Waals surface area contributed by atoms with E-state index in [0.29, 0.717) is 17.1 Å². The van der Waals surface area contributed by atoms with Crippen LogP contribution in [-0.4, -0.2) is 34.2 Å². The van der Waals surface area contributed by atoms with E-state index in [1.165, 1.54) is 51.4 Å². The van der Waals surface area contributed by atoms with Crippen molar-refractivity contribution in [2.75, 3.05) is 23.3 Å². The number of nitrogens with zero attached hydrogens (tertiary/aromatic N) is 3. The predicted octanol–water partition coefficient (Wildman–Crippen LogP) is 3.39. The topological polar surface area (TPSA) is 53.1 Å². The van der Waals surface area contributed by atoms with Gasteiger partial charge in [0.1, 0.15) is 5.82 Å². The zero-order chi connectivity index (χ0) is 16.1. The van der Waals surface area contributed by atoms with Crippen LogP contribution < -0.4 is 15.5 Å². The summed E-state index contributed by atoms with van der Waals surface area (Å²) in [5.41, 5.74) is 0.974. The van der Waals surface area contributed by atoms with E-state index in [1.807, 2.05) is 6.92 Å². The number of aromatic nitrogens is 2. The Kier molecular flexibility index (Phi) is 5.65. The maximum Gasteiger partial charge on any atom is 0.231 e. The molecule has 1 aromatic heterocycles. The van der Waals surface area contributed by atoms with Gasteiger partial charge in [-0.15, -0.1) is 0 Å². The molecule has 2 fully saturated rings. The third-order valence-electron chi connectivity index (χ3n) is 4.69. The van der Waals surface area contributed by atoms with Gasteiger partial charge in [0, 0.05) is 30.9 Å². The van der Waals surface area contributed by atoms with E-state index in [9.17, 15) is 0 Å². The number of anilines is 2. The number of thiocarbonyl (C=S) groups is 1. The van der Waals surface area contributed by atoms with E-state index in [2.05, 4.69) is 31.6 Å². The Morgan fingerprint density at radius 1 is 1.09 bits per heavy atom. The van der Waals surface area contributed by atoms with Crippen LogP contribution in [0.2, 0.25) is 0 Å². The first-order chi connectivity index (χ1) is 11.2. The lowest BCUT2D eigenvalue weighted by molar-refractivity contribution is 0.535. The van der Waals surface area contributed by atoms with Gasteiger partial charge >= 0.3 is 0 Å². The lowest BCUT2D eigenvalue weighted by Gasteiger charge is -2.20. The molecule has 0 unspecified atom stereocenters. The lowest BCUT2D eigenvalue weighted by Crippen LogP contribution is -2.38. The summed E-state index contributed by atoms with van der Waals surface area (Å²) in [5.74, 6) is 1.62. The van der Waals surface area contributed by atoms with Crippen molar-refractivity contribution in [3.63, 3.8) is 0 Å². The molecule has 0 amide bonds. The number of nitrogens with one attached hydrogen (secondary N) is 2. The van der Waals surface area contributed by atoms with Crippen LogP contribution in [0.4, 0.5) is 11.8 Å². The quantitative estimate of drug-likeness (QED) is 0.653. The summed E-state index contributed by atoms with van der Waals surface area (Å²) in [6, 6.07) is 2.54. The zero-order valence-corrected chi connectivity index (χ0v) is 14.8. The molecule has 126 valence electrons. The lowest BCUT2D eigenvalue weighted by atomic mass is 10.1. The molecule has 1 aliphatic carbocycles. The third kappa shape index (κ3) is 4.77. The maximum absolute atomic E-state index is 5.47. The molecule has 1 aromatic rings. The number of aryl methyl sites for hydroxylation is 1. The highest BCUT2D eigenvalue weighted by atomic mass is 32.1. The molecule has 0 aromatic carbocycles. The van der Waals surface area contributed by atoms with Crippen molar-refractivity contribution in [1.29, 1.82) is 0 Å². The fourth-order valence-electron chi connectivity index (χ4n) is 3.46. The molecule has 23 heavy (non-hydrogen) atoms. The fourth-order valence-corrected chi connectivity index (χ4v) is 3.72. The van der Waals surface area contributed by atoms with Crippen molar-refractivity contribution in [1.82, 2.24) is 15.3 Å². The van der Waals surface area contributed by atoms with Crippen LogP contribution in [0.3, 0.4) is 0 Å². The molecule has 0 bridgehead atoms. The van der Waals surface area contributed by atoms with Crippen molar-refractivity contribution in [3.05, 3.63) is 11.8 Å². The first-order valence-corrected chi connectivity index (χ1v) is 9.30. The Morgan fingerprint density at radius 2 is 1.78 bits per heavy atom. The van der Waals surface area contributed by atoms with Crippen molar-refractivity contribution >= 4 is 29.1 Å². The summed E-state index contributed by atoms with van der Waals surface area (Å²) >= 11 is 5.47. The second-order valence-electron chi connectivity index (χ2n) is 6.67. The summed E-state index contributed by atoms with van der Waals surface area (Å²) in [4.78, 5) is 11.4. The van der Waals surface area contributed by atoms with Gasteiger partial charge in [0.25, 0.3) is 0 Å². The minimum atomic E-state index is 0.486. The predicted molar refractivity (Wildman–Crippen MR) is 99.1 cm³/mol. The number of rotatable bonds is 3. The van der Waals surface area contributed by atoms with E-state index >= 15 is 0 Å². The average Bonchev–Trinajstić information content (AvgIpc) is 2.93. The molecule has 3 rings (SSSR count). The number of hydrogen-bond acceptors (Lipinski definition) is 4. The van der Waals surface area contributed by atoms with Crippen LogP contribution in [0.25, 0.3) is 0 Å². The molecule has 0 atom stereocenters. The molecule has 0 spiro atoms. The maximum atomic E-state index is 5.47. The summed E-state index contributed by atoms with van der Waals surface area (Å²) < 4.78 is 0. The highest BCUT2D eigenvalue weighted by Gasteiger charge is 2.16. The Balaban J connectivity index is 1.61. The monoisotopic (exact) mass is 333 g/mol. The van der Waals surface area contributed by atoms with Gasteiger partial charge in [0.15, 0.2) is 5.11 Å². The number of hydrogen-bond donors (Lipinski definition) is 2. The second-order valence-corrected chi connectivity index (χ2v) is 7.08. The largest absolute Gasteiger partial charge is 0.360 e. The van der Waals surface area contributed by atoms with Gasteiger partial charge in [-0.3, -0.25) is 0 Å². The smallest absolute Gasteiger partial charge is 0.231 e. The Morgan fingerprint density at radius 3 is 2.48 bits per heavy atom. The second kappa shape index (κ2) is 7.90. The van der Waals surface area contributed by atoms with Gasteiger partial charge in [-0.1, -0.05) is 25.7 Å². The summed E-state index contributed by atoms with van der Waals surface area (Å²) in [5, 5.41) is 7.28. The third-order valence-corrected chi connectivity index (χ3v) is 4.91. The van der Waals surface area contributed by atoms with Crippen LogP contribution in [0.15, 0.2) is 6.07 Å². The molecule has 5 nitrogen and oxygen atoms in total. The van der Waals surface area contributed by atoms with Crippen molar-refractivity contribution in [2.24, 2.45) is 0 Å². The minimum Gasteiger partial charge on any atom is -0.360 e. The molecule has 0 radical (unpaired) electrons. The molecule has 2 heterocycles. The standard InChI is InChI=1S/C17H27N5S/c1-13-12-15(22-10-6-7-11-22)20-16(18-13)21-17(23)19-14-8-4-2-3-5-9-14/h12,14H,2-11H2,1H3,(H2,18,19,20,21,23). The van der Waals surface area contributed by atoms with E-state index in [1.54, 1.807) is 0 Å².